The van der Waals surface area contributed by atoms with Crippen LogP contribution in [0.15, 0.2) is 47.6 Å². The minimum atomic E-state index is -4.70. The Kier molecular flexibility index (Phi) is 10.5. The van der Waals surface area contributed by atoms with Crippen LogP contribution in [0.1, 0.15) is 44.5 Å². The largest absolute Gasteiger partial charge is 0.493 e. The first kappa shape index (κ1) is 28.9. The lowest BCUT2D eigenvalue weighted by Crippen LogP contribution is -2.37. The number of aromatic carboxylic acids is 1. The molecule has 1 fully saturated rings. The number of ether oxygens (including phenoxy) is 3. The fourth-order valence-electron chi connectivity index (χ4n) is 3.35. The number of carboxylic acids is 1. The Hall–Kier alpha value is -3.38. The van der Waals surface area contributed by atoms with Crippen LogP contribution < -0.4 is 4.18 Å². The summed E-state index contributed by atoms with van der Waals surface area (Å²) in [5, 5.41) is 8.61. The number of morpholine rings is 1. The summed E-state index contributed by atoms with van der Waals surface area (Å²) in [6.45, 7) is 10.9. The molecule has 1 aliphatic heterocycles. The average molecular weight is 526 g/mol. The van der Waals surface area contributed by atoms with Crippen LogP contribution in [0.4, 0.5) is 0 Å². The molecule has 2 N–H and O–H groups in total. The van der Waals surface area contributed by atoms with Crippen molar-refractivity contribution in [3.63, 3.8) is 0 Å². The molecule has 0 unspecified atom stereocenters. The Bertz CT molecular complexity index is 1150. The summed E-state index contributed by atoms with van der Waals surface area (Å²) in [6, 6.07) is 5.06. The highest BCUT2D eigenvalue weighted by Crippen LogP contribution is 2.28. The highest BCUT2D eigenvalue weighted by molar-refractivity contribution is 7.81. The predicted molar refractivity (Wildman–Crippen MR) is 129 cm³/mol. The molecule has 0 amide bonds. The van der Waals surface area contributed by atoms with Crippen molar-refractivity contribution in [1.82, 2.24) is 4.90 Å². The molecule has 0 atom stereocenters. The van der Waals surface area contributed by atoms with Gasteiger partial charge in [-0.25, -0.2) is 4.79 Å². The molecule has 12 nitrogen and oxygen atoms in total. The van der Waals surface area contributed by atoms with E-state index >= 15 is 0 Å². The molecular formula is C23H31N3O9S. The van der Waals surface area contributed by atoms with Gasteiger partial charge >= 0.3 is 22.1 Å². The molecule has 2 aliphatic rings. The van der Waals surface area contributed by atoms with Crippen molar-refractivity contribution in [3.8, 4) is 5.75 Å². The SMILES string of the molecule is CC(C)OC1=CC(N2CCOCC2)=C(OC(C)C)CC1=[N+]=[N-].O=C(O)c1ccccc1OS(=O)(=O)O. The standard InChI is InChI=1S/C16H25N3O3.C7H6O6S/c1-11(2)21-15-10-14(19-5-7-20-8-6-19)16(22-12(3)4)9-13(15)18-17;8-7(9)5-3-1-2-4-6(5)13-14(10,11)12/h10-12H,5-9H2,1-4H3;1-4H,(H,8,9)(H,10,11,12). The molecule has 1 heterocycles. The number of para-hydroxylation sites is 1. The number of hydrogen-bond donors (Lipinski definition) is 2. The van der Waals surface area contributed by atoms with E-state index in [1.54, 1.807) is 0 Å². The summed E-state index contributed by atoms with van der Waals surface area (Å²) in [6.07, 6.45) is 2.43. The van der Waals surface area contributed by atoms with Crippen LogP contribution in [0.3, 0.4) is 0 Å². The molecule has 0 saturated carbocycles. The van der Waals surface area contributed by atoms with Gasteiger partial charge in [0.25, 0.3) is 0 Å². The second-order valence-electron chi connectivity index (χ2n) is 8.29. The molecule has 198 valence electrons. The zero-order valence-electron chi connectivity index (χ0n) is 20.6. The van der Waals surface area contributed by atoms with E-state index in [-0.39, 0.29) is 17.8 Å². The van der Waals surface area contributed by atoms with Crippen LogP contribution in [0.25, 0.3) is 5.53 Å². The van der Waals surface area contributed by atoms with Crippen molar-refractivity contribution in [2.45, 2.75) is 46.3 Å². The van der Waals surface area contributed by atoms with Gasteiger partial charge in [0.05, 0.1) is 31.1 Å². The summed E-state index contributed by atoms with van der Waals surface area (Å²) in [5.41, 5.74) is 10.4. The average Bonchev–Trinajstić information content (AvgIpc) is 2.79. The monoisotopic (exact) mass is 525 g/mol. The van der Waals surface area contributed by atoms with Gasteiger partial charge in [-0.1, -0.05) is 12.1 Å². The third-order valence-electron chi connectivity index (χ3n) is 4.69. The number of carbonyl (C=O) groups is 1. The molecule has 1 aromatic rings. The first-order chi connectivity index (χ1) is 16.9. The fraction of sp³-hybridized carbons (Fsp3) is 0.478. The van der Waals surface area contributed by atoms with Gasteiger partial charge in [0.1, 0.15) is 17.7 Å². The lowest BCUT2D eigenvalue weighted by molar-refractivity contribution is -0.0169. The van der Waals surface area contributed by atoms with Gasteiger partial charge in [-0.2, -0.15) is 13.2 Å². The summed E-state index contributed by atoms with van der Waals surface area (Å²) in [4.78, 5) is 16.2. The molecule has 36 heavy (non-hydrogen) atoms. The molecule has 3 rings (SSSR count). The summed E-state index contributed by atoms with van der Waals surface area (Å²) in [7, 11) is -4.70. The number of carboxylic acid groups (broad SMARTS) is 1. The quantitative estimate of drug-likeness (QED) is 0.292. The minimum Gasteiger partial charge on any atom is -0.493 e. The molecule has 1 aliphatic carbocycles. The van der Waals surface area contributed by atoms with Crippen LogP contribution in [0.5, 0.6) is 5.75 Å². The maximum absolute atomic E-state index is 10.6. The summed E-state index contributed by atoms with van der Waals surface area (Å²) in [5.74, 6) is -0.345. The van der Waals surface area contributed by atoms with Gasteiger partial charge in [0, 0.05) is 19.2 Å². The number of benzene rings is 1. The maximum atomic E-state index is 10.6. The lowest BCUT2D eigenvalue weighted by atomic mass is 10.0. The fourth-order valence-corrected chi connectivity index (χ4v) is 3.72. The number of rotatable bonds is 8. The topological polar surface area (TPSA) is 168 Å². The Morgan fingerprint density at radius 1 is 1.11 bits per heavy atom. The van der Waals surface area contributed by atoms with Gasteiger partial charge in [0.2, 0.25) is 5.76 Å². The van der Waals surface area contributed by atoms with Gasteiger partial charge in [-0.15, -0.1) is 0 Å². The van der Waals surface area contributed by atoms with Crippen molar-refractivity contribution < 1.29 is 46.1 Å². The van der Waals surface area contributed by atoms with Gasteiger partial charge in [-0.05, 0) is 39.8 Å². The van der Waals surface area contributed by atoms with E-state index in [1.807, 2.05) is 33.8 Å². The van der Waals surface area contributed by atoms with Gasteiger partial charge < -0.3 is 33.9 Å². The van der Waals surface area contributed by atoms with Crippen molar-refractivity contribution >= 4 is 22.1 Å². The molecule has 0 aromatic heterocycles. The van der Waals surface area contributed by atoms with Crippen molar-refractivity contribution in [3.05, 3.63) is 58.7 Å². The van der Waals surface area contributed by atoms with Crippen molar-refractivity contribution in [2.24, 2.45) is 0 Å². The Morgan fingerprint density at radius 3 is 2.25 bits per heavy atom. The van der Waals surface area contributed by atoms with Crippen LogP contribution in [0.2, 0.25) is 0 Å². The molecule has 0 bridgehead atoms. The molecule has 13 heteroatoms. The molecule has 1 saturated heterocycles. The second-order valence-corrected chi connectivity index (χ2v) is 9.31. The van der Waals surface area contributed by atoms with Crippen molar-refractivity contribution in [1.29, 1.82) is 0 Å². The number of nitrogens with zero attached hydrogens (tertiary/aromatic N) is 3. The molecule has 1 aromatic carbocycles. The van der Waals surface area contributed by atoms with E-state index in [1.165, 1.54) is 12.1 Å². The molecule has 0 radical (unpaired) electrons. The third-order valence-corrected chi connectivity index (χ3v) is 5.08. The molecular weight excluding hydrogens is 494 g/mol. The van der Waals surface area contributed by atoms with E-state index in [0.29, 0.717) is 31.1 Å². The van der Waals surface area contributed by atoms with E-state index in [2.05, 4.69) is 13.9 Å². The normalized spacial score (nSPS) is 16.1. The van der Waals surface area contributed by atoms with Crippen LogP contribution in [-0.4, -0.2) is 78.0 Å². The Labute approximate surface area is 210 Å². The van der Waals surface area contributed by atoms with Crippen LogP contribution in [0, 0.1) is 0 Å². The third kappa shape index (κ3) is 9.00. The number of hydrogen-bond acceptors (Lipinski definition) is 8. The van der Waals surface area contributed by atoms with Gasteiger partial charge in [0.15, 0.2) is 5.75 Å². The zero-order chi connectivity index (χ0) is 26.9. The minimum absolute atomic E-state index is 0.0153. The number of allylic oxidation sites excluding steroid dienone is 3. The second kappa shape index (κ2) is 13.1. The van der Waals surface area contributed by atoms with E-state index in [0.717, 1.165) is 36.7 Å². The van der Waals surface area contributed by atoms with E-state index in [9.17, 15) is 18.7 Å². The Morgan fingerprint density at radius 2 is 1.72 bits per heavy atom. The zero-order valence-corrected chi connectivity index (χ0v) is 21.4. The van der Waals surface area contributed by atoms with Crippen LogP contribution >= 0.6 is 0 Å². The maximum Gasteiger partial charge on any atom is 0.446 e. The summed E-state index contributed by atoms with van der Waals surface area (Å²) >= 11 is 0. The highest BCUT2D eigenvalue weighted by Gasteiger charge is 2.32. The predicted octanol–water partition coefficient (Wildman–Crippen LogP) is 2.91. The first-order valence-electron chi connectivity index (χ1n) is 11.2. The van der Waals surface area contributed by atoms with E-state index in [4.69, 9.17) is 23.9 Å². The first-order valence-corrected chi connectivity index (χ1v) is 12.6. The highest BCUT2D eigenvalue weighted by atomic mass is 32.3. The smallest absolute Gasteiger partial charge is 0.446 e. The molecule has 0 spiro atoms. The van der Waals surface area contributed by atoms with Crippen LogP contribution in [-0.2, 0) is 24.6 Å². The lowest BCUT2D eigenvalue weighted by Gasteiger charge is -2.33. The van der Waals surface area contributed by atoms with E-state index < -0.39 is 22.1 Å². The summed E-state index contributed by atoms with van der Waals surface area (Å²) < 4.78 is 50.2. The van der Waals surface area contributed by atoms with Gasteiger partial charge in [-0.3, -0.25) is 4.55 Å². The van der Waals surface area contributed by atoms with Crippen molar-refractivity contribution in [2.75, 3.05) is 26.3 Å². The Balaban J connectivity index is 0.000000281.